The number of aliphatic imine (C=N–C) groups is 1. The lowest BCUT2D eigenvalue weighted by Gasteiger charge is -2.26. The summed E-state index contributed by atoms with van der Waals surface area (Å²) in [4.78, 5) is 25.3. The highest BCUT2D eigenvalue weighted by Crippen LogP contribution is 2.42. The molecule has 0 spiro atoms. The van der Waals surface area contributed by atoms with E-state index in [1.807, 2.05) is 12.4 Å². The van der Waals surface area contributed by atoms with E-state index in [2.05, 4.69) is 20.3 Å². The van der Waals surface area contributed by atoms with Gasteiger partial charge in [-0.1, -0.05) is 6.42 Å². The van der Waals surface area contributed by atoms with Gasteiger partial charge in [0.2, 0.25) is 0 Å². The summed E-state index contributed by atoms with van der Waals surface area (Å²) in [7, 11) is 0. The molecule has 0 atom stereocenters. The van der Waals surface area contributed by atoms with Crippen molar-refractivity contribution in [2.75, 3.05) is 13.1 Å². The fourth-order valence-corrected chi connectivity index (χ4v) is 4.88. The molecule has 2 N–H and O–H groups in total. The van der Waals surface area contributed by atoms with Gasteiger partial charge in [0.05, 0.1) is 17.1 Å². The van der Waals surface area contributed by atoms with Crippen LogP contribution in [0, 0.1) is 5.92 Å². The number of rotatable bonds is 4. The maximum atomic E-state index is 13.3. The third-order valence-electron chi connectivity index (χ3n) is 7.03. The maximum Gasteiger partial charge on any atom is 0.431 e. The maximum absolute atomic E-state index is 13.3. The predicted octanol–water partition coefficient (Wildman–Crippen LogP) is 5.56. The highest BCUT2D eigenvalue weighted by atomic mass is 19.4. The molecular formula is C25H24F3N7. The summed E-state index contributed by atoms with van der Waals surface area (Å²) < 4.78 is 40.0. The lowest BCUT2D eigenvalue weighted by molar-refractivity contribution is -0.140. The summed E-state index contributed by atoms with van der Waals surface area (Å²) in [6.07, 6.45) is 7.86. The molecule has 1 saturated carbocycles. The van der Waals surface area contributed by atoms with E-state index < -0.39 is 11.9 Å². The van der Waals surface area contributed by atoms with Gasteiger partial charge in [0.25, 0.3) is 0 Å². The van der Waals surface area contributed by atoms with Crippen LogP contribution in [0.25, 0.3) is 33.3 Å². The van der Waals surface area contributed by atoms with E-state index in [1.165, 1.54) is 12.6 Å². The van der Waals surface area contributed by atoms with Crippen LogP contribution in [0.1, 0.15) is 49.3 Å². The first-order valence-corrected chi connectivity index (χ1v) is 11.9. The van der Waals surface area contributed by atoms with Crippen LogP contribution in [0.3, 0.4) is 0 Å². The molecule has 6 rings (SSSR count). The topological polar surface area (TPSA) is 91.7 Å². The first kappa shape index (κ1) is 22.1. The molecule has 1 saturated heterocycles. The molecule has 5 heterocycles. The minimum Gasteiger partial charge on any atom is -0.336 e. The van der Waals surface area contributed by atoms with Gasteiger partial charge in [0.1, 0.15) is 11.3 Å². The highest BCUT2D eigenvalue weighted by molar-refractivity contribution is 5.97. The molecule has 1 aliphatic heterocycles. The fourth-order valence-electron chi connectivity index (χ4n) is 4.88. The van der Waals surface area contributed by atoms with Crippen LogP contribution in [0.2, 0.25) is 0 Å². The van der Waals surface area contributed by atoms with E-state index in [9.17, 15) is 13.2 Å². The molecule has 4 aromatic rings. The van der Waals surface area contributed by atoms with Gasteiger partial charge < -0.3 is 10.3 Å². The first-order valence-electron chi connectivity index (χ1n) is 11.9. The van der Waals surface area contributed by atoms with Crippen molar-refractivity contribution in [1.29, 1.82) is 0 Å². The molecule has 7 nitrogen and oxygen atoms in total. The van der Waals surface area contributed by atoms with Gasteiger partial charge in [0.15, 0.2) is 11.6 Å². The van der Waals surface area contributed by atoms with E-state index in [4.69, 9.17) is 15.0 Å². The van der Waals surface area contributed by atoms with Crippen LogP contribution in [-0.4, -0.2) is 44.2 Å². The molecule has 0 unspecified atom stereocenters. The monoisotopic (exact) mass is 479 g/mol. The van der Waals surface area contributed by atoms with Crippen LogP contribution >= 0.6 is 0 Å². The molecule has 0 bridgehead atoms. The average Bonchev–Trinajstić information content (AvgIpc) is 3.27. The minimum atomic E-state index is -4.51. The smallest absolute Gasteiger partial charge is 0.336 e. The molecule has 0 aromatic carbocycles. The Hall–Kier alpha value is -3.40. The Bertz CT molecular complexity index is 1420. The molecule has 35 heavy (non-hydrogen) atoms. The number of hydrogen-bond donors (Lipinski definition) is 2. The zero-order chi connectivity index (χ0) is 24.0. The lowest BCUT2D eigenvalue weighted by Crippen LogP contribution is -2.28. The molecule has 10 heteroatoms. The number of piperidine rings is 1. The van der Waals surface area contributed by atoms with Crippen LogP contribution in [0.4, 0.5) is 19.0 Å². The number of alkyl halides is 3. The average molecular weight is 480 g/mol. The molecular weight excluding hydrogens is 455 g/mol. The van der Waals surface area contributed by atoms with Crippen molar-refractivity contribution in [3.05, 3.63) is 42.0 Å². The van der Waals surface area contributed by atoms with Crippen LogP contribution in [-0.2, 0) is 6.18 Å². The number of halogens is 3. The van der Waals surface area contributed by atoms with Crippen LogP contribution in [0.15, 0.2) is 35.7 Å². The summed E-state index contributed by atoms with van der Waals surface area (Å²) in [5.74, 6) is 1.61. The van der Waals surface area contributed by atoms with E-state index in [0.717, 1.165) is 55.8 Å². The number of pyridine rings is 2. The minimum absolute atomic E-state index is 0.139. The second-order valence-electron chi connectivity index (χ2n) is 9.29. The van der Waals surface area contributed by atoms with Crippen molar-refractivity contribution >= 4 is 34.0 Å². The van der Waals surface area contributed by atoms with Crippen molar-refractivity contribution in [3.63, 3.8) is 0 Å². The standard InChI is InChI=1S/C25H24F3N7/c26-25(27,28)20-10-17-16(6-9-31-22(17)34-20)23-33-19-13-30-12-18(15-2-1-3-15)21(19)24(35-23)32-11-14-4-7-29-8-5-14/h6,9-15,29H,1-5,7-8H2,(H,31,34). The van der Waals surface area contributed by atoms with Crippen molar-refractivity contribution in [3.8, 4) is 11.4 Å². The Morgan fingerprint density at radius 2 is 1.89 bits per heavy atom. The third kappa shape index (κ3) is 4.16. The summed E-state index contributed by atoms with van der Waals surface area (Å²) in [6, 6.07) is 2.70. The van der Waals surface area contributed by atoms with E-state index >= 15 is 0 Å². The molecule has 2 fully saturated rings. The Morgan fingerprint density at radius 1 is 1.06 bits per heavy atom. The van der Waals surface area contributed by atoms with E-state index in [0.29, 0.717) is 39.9 Å². The van der Waals surface area contributed by atoms with Gasteiger partial charge in [-0.25, -0.2) is 19.9 Å². The Labute approximate surface area is 199 Å². The number of hydrogen-bond acceptors (Lipinski definition) is 6. The van der Waals surface area contributed by atoms with Crippen molar-refractivity contribution in [1.82, 2.24) is 30.2 Å². The zero-order valence-corrected chi connectivity index (χ0v) is 18.9. The molecule has 180 valence electrons. The second kappa shape index (κ2) is 8.67. The zero-order valence-electron chi connectivity index (χ0n) is 18.9. The SMILES string of the molecule is FC(F)(F)c1cc2c(-c3nc(N=CC4CCNCC4)c4c(C5CCC5)cncc4n3)ccnc2[nH]1. The first-order chi connectivity index (χ1) is 17.0. The van der Waals surface area contributed by atoms with Crippen molar-refractivity contribution in [2.45, 2.75) is 44.2 Å². The molecule has 0 amide bonds. The quantitative estimate of drug-likeness (QED) is 0.374. The highest BCUT2D eigenvalue weighted by Gasteiger charge is 2.33. The number of aromatic amines is 1. The summed E-state index contributed by atoms with van der Waals surface area (Å²) in [6.45, 7) is 1.90. The summed E-state index contributed by atoms with van der Waals surface area (Å²) in [5, 5.41) is 4.56. The summed E-state index contributed by atoms with van der Waals surface area (Å²) >= 11 is 0. The fraction of sp³-hybridized carbons (Fsp3) is 0.400. The number of aromatic nitrogens is 5. The van der Waals surface area contributed by atoms with Gasteiger partial charge in [-0.15, -0.1) is 0 Å². The van der Waals surface area contributed by atoms with Crippen LogP contribution in [0.5, 0.6) is 0 Å². The van der Waals surface area contributed by atoms with Gasteiger partial charge in [-0.3, -0.25) is 4.98 Å². The Balaban J connectivity index is 1.52. The van der Waals surface area contributed by atoms with E-state index in [1.54, 1.807) is 12.3 Å². The molecule has 2 aliphatic rings. The molecule has 0 radical (unpaired) electrons. The van der Waals surface area contributed by atoms with Gasteiger partial charge >= 0.3 is 6.18 Å². The van der Waals surface area contributed by atoms with Crippen molar-refractivity contribution < 1.29 is 13.2 Å². The number of fused-ring (bicyclic) bond motifs is 2. The number of nitrogens with one attached hydrogen (secondary N) is 2. The number of nitrogens with zero attached hydrogens (tertiary/aromatic N) is 5. The van der Waals surface area contributed by atoms with Gasteiger partial charge in [-0.2, -0.15) is 13.2 Å². The van der Waals surface area contributed by atoms with Gasteiger partial charge in [0, 0.05) is 29.6 Å². The normalized spacial score (nSPS) is 18.0. The van der Waals surface area contributed by atoms with E-state index in [-0.39, 0.29) is 5.65 Å². The van der Waals surface area contributed by atoms with Crippen LogP contribution < -0.4 is 5.32 Å². The largest absolute Gasteiger partial charge is 0.431 e. The Morgan fingerprint density at radius 3 is 2.63 bits per heavy atom. The second-order valence-corrected chi connectivity index (χ2v) is 9.29. The number of H-pyrrole nitrogens is 1. The molecule has 4 aromatic heterocycles. The summed E-state index contributed by atoms with van der Waals surface area (Å²) in [5.41, 5.74) is 1.49. The van der Waals surface area contributed by atoms with Gasteiger partial charge in [-0.05, 0) is 68.3 Å². The van der Waals surface area contributed by atoms with Crippen molar-refractivity contribution in [2.24, 2.45) is 10.9 Å². The lowest BCUT2D eigenvalue weighted by atomic mass is 9.79. The third-order valence-corrected chi connectivity index (χ3v) is 7.03. The molecule has 1 aliphatic carbocycles. The predicted molar refractivity (Wildman–Crippen MR) is 128 cm³/mol. The Kier molecular flexibility index (Phi) is 5.47.